The number of carboxylic acids is 1. The van der Waals surface area contributed by atoms with Gasteiger partial charge in [0.05, 0.1) is 29.5 Å². The Morgan fingerprint density at radius 2 is 2.30 bits per heavy atom. The smallest absolute Gasteiger partial charge is 0.342 e. The van der Waals surface area contributed by atoms with Gasteiger partial charge in [0.2, 0.25) is 5.60 Å². The number of unbranched alkanes of at least 4 members (excludes halogenated alkanes) is 1. The van der Waals surface area contributed by atoms with Crippen LogP contribution in [0.5, 0.6) is 0 Å². The van der Waals surface area contributed by atoms with Crippen LogP contribution in [0.2, 0.25) is 0 Å². The largest absolute Gasteiger partial charge is 0.479 e. The topological polar surface area (TPSA) is 86.1 Å². The van der Waals surface area contributed by atoms with Crippen molar-refractivity contribution in [3.63, 3.8) is 0 Å². The van der Waals surface area contributed by atoms with Gasteiger partial charge in [-0.3, -0.25) is 0 Å². The SMILES string of the molecule is CCCCC1(C(=O)O)OCCc2c1[nH]c1c(C)ccc(C#N)c21. The Bertz CT molecular complexity index is 816. The Morgan fingerprint density at radius 1 is 1.52 bits per heavy atom. The maximum Gasteiger partial charge on any atom is 0.342 e. The first kappa shape index (κ1) is 15.6. The van der Waals surface area contributed by atoms with Crippen molar-refractivity contribution in [2.45, 2.75) is 45.1 Å². The van der Waals surface area contributed by atoms with E-state index in [0.29, 0.717) is 30.7 Å². The van der Waals surface area contributed by atoms with E-state index in [4.69, 9.17) is 4.74 Å². The highest BCUT2D eigenvalue weighted by Gasteiger charge is 2.47. The van der Waals surface area contributed by atoms with Gasteiger partial charge in [0.15, 0.2) is 0 Å². The maximum atomic E-state index is 12.1. The van der Waals surface area contributed by atoms with Crippen LogP contribution in [-0.4, -0.2) is 22.7 Å². The number of nitrogens with one attached hydrogen (secondary N) is 1. The van der Waals surface area contributed by atoms with Crippen molar-refractivity contribution in [2.75, 3.05) is 6.61 Å². The molecule has 1 aromatic heterocycles. The third kappa shape index (κ3) is 2.22. The van der Waals surface area contributed by atoms with E-state index in [9.17, 15) is 15.2 Å². The van der Waals surface area contributed by atoms with Crippen LogP contribution in [0.25, 0.3) is 10.9 Å². The summed E-state index contributed by atoms with van der Waals surface area (Å²) in [5.41, 5.74) is 2.64. The zero-order chi connectivity index (χ0) is 16.6. The molecule has 0 amide bonds. The molecule has 1 aliphatic rings. The van der Waals surface area contributed by atoms with Crippen LogP contribution in [0.1, 0.15) is 48.6 Å². The molecule has 2 aromatic rings. The summed E-state index contributed by atoms with van der Waals surface area (Å²) in [6, 6.07) is 5.91. The molecule has 0 aliphatic carbocycles. The number of aromatic amines is 1. The number of H-pyrrole nitrogens is 1. The first-order valence-electron chi connectivity index (χ1n) is 7.97. The van der Waals surface area contributed by atoms with E-state index in [0.717, 1.165) is 34.9 Å². The van der Waals surface area contributed by atoms with Gasteiger partial charge in [0.1, 0.15) is 0 Å². The Kier molecular flexibility index (Phi) is 3.87. The molecular formula is C18H20N2O3. The number of hydrogen-bond acceptors (Lipinski definition) is 3. The van der Waals surface area contributed by atoms with Crippen LogP contribution in [0, 0.1) is 18.3 Å². The Labute approximate surface area is 134 Å². The molecule has 5 nitrogen and oxygen atoms in total. The van der Waals surface area contributed by atoms with E-state index in [1.807, 2.05) is 19.9 Å². The summed E-state index contributed by atoms with van der Waals surface area (Å²) in [7, 11) is 0. The molecule has 2 N–H and O–H groups in total. The lowest BCUT2D eigenvalue weighted by molar-refractivity contribution is -0.172. The van der Waals surface area contributed by atoms with Crippen molar-refractivity contribution in [3.8, 4) is 6.07 Å². The fourth-order valence-corrected chi connectivity index (χ4v) is 3.49. The second kappa shape index (κ2) is 5.71. The summed E-state index contributed by atoms with van der Waals surface area (Å²) in [6.07, 6.45) is 2.72. The number of carboxylic acid groups (broad SMARTS) is 1. The molecule has 0 fully saturated rings. The molecule has 3 rings (SSSR count). The molecule has 1 aliphatic heterocycles. The van der Waals surface area contributed by atoms with Gasteiger partial charge in [0.25, 0.3) is 0 Å². The molecule has 1 aromatic carbocycles. The van der Waals surface area contributed by atoms with E-state index < -0.39 is 11.6 Å². The second-order valence-electron chi connectivity index (χ2n) is 6.10. The lowest BCUT2D eigenvalue weighted by Crippen LogP contribution is -2.43. The number of rotatable bonds is 4. The number of benzene rings is 1. The molecule has 120 valence electrons. The molecule has 5 heteroatoms. The van der Waals surface area contributed by atoms with Crippen molar-refractivity contribution in [1.29, 1.82) is 5.26 Å². The summed E-state index contributed by atoms with van der Waals surface area (Å²) in [5, 5.41) is 20.1. The first-order valence-corrected chi connectivity index (χ1v) is 7.97. The average molecular weight is 312 g/mol. The van der Waals surface area contributed by atoms with Crippen LogP contribution < -0.4 is 0 Å². The summed E-state index contributed by atoms with van der Waals surface area (Å²) in [6.45, 7) is 4.35. The molecule has 0 radical (unpaired) electrons. The zero-order valence-electron chi connectivity index (χ0n) is 13.4. The van der Waals surface area contributed by atoms with E-state index in [1.54, 1.807) is 6.07 Å². The number of aryl methyl sites for hydroxylation is 1. The molecule has 0 bridgehead atoms. The number of nitrogens with zero attached hydrogens (tertiary/aromatic N) is 1. The van der Waals surface area contributed by atoms with E-state index in [2.05, 4.69) is 11.1 Å². The number of aliphatic carboxylic acids is 1. The molecule has 0 saturated heterocycles. The number of carbonyl (C=O) groups is 1. The number of nitriles is 1. The predicted molar refractivity (Wildman–Crippen MR) is 86.2 cm³/mol. The number of ether oxygens (including phenoxy) is 1. The average Bonchev–Trinajstić information content (AvgIpc) is 2.94. The van der Waals surface area contributed by atoms with Gasteiger partial charge in [-0.2, -0.15) is 5.26 Å². The summed E-state index contributed by atoms with van der Waals surface area (Å²) >= 11 is 0. The van der Waals surface area contributed by atoms with Gasteiger partial charge in [-0.25, -0.2) is 4.79 Å². The lowest BCUT2D eigenvalue weighted by Gasteiger charge is -2.33. The summed E-state index contributed by atoms with van der Waals surface area (Å²) in [4.78, 5) is 15.3. The minimum atomic E-state index is -1.33. The Hall–Kier alpha value is -2.32. The molecule has 1 atom stereocenters. The highest BCUT2D eigenvalue weighted by atomic mass is 16.5. The van der Waals surface area contributed by atoms with Crippen LogP contribution in [0.15, 0.2) is 12.1 Å². The van der Waals surface area contributed by atoms with Crippen molar-refractivity contribution in [3.05, 3.63) is 34.5 Å². The molecule has 0 saturated carbocycles. The minimum Gasteiger partial charge on any atom is -0.479 e. The van der Waals surface area contributed by atoms with Gasteiger partial charge in [0, 0.05) is 5.39 Å². The Balaban J connectivity index is 2.31. The third-order valence-corrected chi connectivity index (χ3v) is 4.72. The number of fused-ring (bicyclic) bond motifs is 3. The molecule has 1 unspecified atom stereocenters. The van der Waals surface area contributed by atoms with Gasteiger partial charge >= 0.3 is 5.97 Å². The van der Waals surface area contributed by atoms with Crippen LogP contribution in [-0.2, 0) is 21.6 Å². The Morgan fingerprint density at radius 3 is 2.96 bits per heavy atom. The van der Waals surface area contributed by atoms with Crippen LogP contribution >= 0.6 is 0 Å². The molecular weight excluding hydrogens is 292 g/mol. The zero-order valence-corrected chi connectivity index (χ0v) is 13.4. The van der Waals surface area contributed by atoms with Crippen molar-refractivity contribution in [1.82, 2.24) is 4.98 Å². The van der Waals surface area contributed by atoms with E-state index in [1.165, 1.54) is 0 Å². The maximum absolute atomic E-state index is 12.1. The van der Waals surface area contributed by atoms with Crippen LogP contribution in [0.3, 0.4) is 0 Å². The highest BCUT2D eigenvalue weighted by molar-refractivity contribution is 5.94. The fourth-order valence-electron chi connectivity index (χ4n) is 3.49. The summed E-state index contributed by atoms with van der Waals surface area (Å²) in [5.74, 6) is -0.963. The van der Waals surface area contributed by atoms with Crippen molar-refractivity contribution >= 4 is 16.9 Å². The number of hydrogen-bond donors (Lipinski definition) is 2. The van der Waals surface area contributed by atoms with Gasteiger partial charge < -0.3 is 14.8 Å². The van der Waals surface area contributed by atoms with Gasteiger partial charge in [-0.05, 0) is 43.4 Å². The fraction of sp³-hybridized carbons (Fsp3) is 0.444. The number of aromatic nitrogens is 1. The van der Waals surface area contributed by atoms with Crippen molar-refractivity contribution in [2.24, 2.45) is 0 Å². The van der Waals surface area contributed by atoms with Gasteiger partial charge in [-0.1, -0.05) is 19.4 Å². The predicted octanol–water partition coefficient (Wildman–Crippen LogP) is 3.39. The standard InChI is InChI=1S/C18H20N2O3/c1-3-4-8-18(17(21)22)16-13(7-9-23-18)14-12(10-19)6-5-11(2)15(14)20-16/h5-6,20H,3-4,7-9H2,1-2H3,(H,21,22). The van der Waals surface area contributed by atoms with E-state index in [-0.39, 0.29) is 0 Å². The molecule has 2 heterocycles. The molecule has 23 heavy (non-hydrogen) atoms. The monoisotopic (exact) mass is 312 g/mol. The van der Waals surface area contributed by atoms with E-state index >= 15 is 0 Å². The normalized spacial score (nSPS) is 20.2. The minimum absolute atomic E-state index is 0.356. The second-order valence-corrected chi connectivity index (χ2v) is 6.10. The quantitative estimate of drug-likeness (QED) is 0.906. The highest BCUT2D eigenvalue weighted by Crippen LogP contribution is 2.42. The molecule has 0 spiro atoms. The lowest BCUT2D eigenvalue weighted by atomic mass is 9.86. The third-order valence-electron chi connectivity index (χ3n) is 4.72. The first-order chi connectivity index (χ1) is 11.0. The van der Waals surface area contributed by atoms with Crippen molar-refractivity contribution < 1.29 is 14.6 Å². The van der Waals surface area contributed by atoms with Crippen LogP contribution in [0.4, 0.5) is 0 Å². The summed E-state index contributed by atoms with van der Waals surface area (Å²) < 4.78 is 5.78. The van der Waals surface area contributed by atoms with Gasteiger partial charge in [-0.15, -0.1) is 0 Å².